The van der Waals surface area contributed by atoms with Gasteiger partial charge in [0.05, 0.1) is 5.57 Å². The van der Waals surface area contributed by atoms with E-state index in [0.717, 1.165) is 11.1 Å². The summed E-state index contributed by atoms with van der Waals surface area (Å²) in [5, 5.41) is 0. The van der Waals surface area contributed by atoms with Gasteiger partial charge in [0, 0.05) is 0 Å². The molecule has 1 saturated carbocycles. The molecule has 0 radical (unpaired) electrons. The molecule has 1 aliphatic carbocycles. The summed E-state index contributed by atoms with van der Waals surface area (Å²) in [7, 11) is 0. The van der Waals surface area contributed by atoms with Crippen LogP contribution in [0.5, 0.6) is 0 Å². The quantitative estimate of drug-likeness (QED) is 0.428. The van der Waals surface area contributed by atoms with Gasteiger partial charge in [-0.05, 0) is 28.9 Å². The Kier molecular flexibility index (Phi) is 3.72. The van der Waals surface area contributed by atoms with Gasteiger partial charge in [-0.2, -0.15) is 0 Å². The van der Waals surface area contributed by atoms with Crippen molar-refractivity contribution < 1.29 is 9.59 Å². The Hall–Kier alpha value is -1.70. The van der Waals surface area contributed by atoms with Gasteiger partial charge in [-0.25, -0.2) is 0 Å². The monoisotopic (exact) mass is 298 g/mol. The molecule has 0 N–H and O–H groups in total. The first-order valence-corrected chi connectivity index (χ1v) is 7.82. The van der Waals surface area contributed by atoms with Crippen LogP contribution in [0.25, 0.3) is 5.57 Å². The molecule has 2 rings (SSSR count). The highest BCUT2D eigenvalue weighted by Gasteiger charge is 2.70. The molecule has 0 atom stereocenters. The molecule has 22 heavy (non-hydrogen) atoms. The van der Waals surface area contributed by atoms with Gasteiger partial charge in [0.25, 0.3) is 0 Å². The average molecular weight is 298 g/mol. The third-order valence-corrected chi connectivity index (χ3v) is 4.97. The molecule has 118 valence electrons. The highest BCUT2D eigenvalue weighted by atomic mass is 16.2. The summed E-state index contributed by atoms with van der Waals surface area (Å²) in [6.07, 6.45) is 0. The fourth-order valence-electron chi connectivity index (χ4n) is 4.18. The van der Waals surface area contributed by atoms with Crippen molar-refractivity contribution in [3.63, 3.8) is 0 Å². The van der Waals surface area contributed by atoms with Crippen LogP contribution in [0.4, 0.5) is 0 Å². The predicted octanol–water partition coefficient (Wildman–Crippen LogP) is 4.69. The van der Waals surface area contributed by atoms with Crippen molar-refractivity contribution in [2.75, 3.05) is 0 Å². The summed E-state index contributed by atoms with van der Waals surface area (Å²) in [5.41, 5.74) is 0.372. The second-order valence-electron chi connectivity index (χ2n) is 8.27. The van der Waals surface area contributed by atoms with Gasteiger partial charge in [0.1, 0.15) is 5.41 Å². The maximum atomic E-state index is 13.1. The number of Topliss-reactive ketones (excluding diaryl/α,β-unsaturated/α-hetero) is 2. The zero-order chi connectivity index (χ0) is 16.9. The predicted molar refractivity (Wildman–Crippen MR) is 90.4 cm³/mol. The molecule has 0 bridgehead atoms. The van der Waals surface area contributed by atoms with Crippen molar-refractivity contribution in [1.29, 1.82) is 0 Å². The highest BCUT2D eigenvalue weighted by Crippen LogP contribution is 2.61. The fourth-order valence-corrected chi connectivity index (χ4v) is 4.18. The lowest BCUT2D eigenvalue weighted by atomic mass is 9.42. The molecule has 0 saturated heterocycles. The van der Waals surface area contributed by atoms with Gasteiger partial charge < -0.3 is 0 Å². The number of ketones is 2. The van der Waals surface area contributed by atoms with Crippen LogP contribution >= 0.6 is 0 Å². The van der Waals surface area contributed by atoms with E-state index >= 15 is 0 Å². The third kappa shape index (κ3) is 2.00. The first kappa shape index (κ1) is 16.7. The first-order chi connectivity index (χ1) is 9.96. The number of rotatable bonds is 1. The molecule has 0 amide bonds. The van der Waals surface area contributed by atoms with Crippen molar-refractivity contribution in [3.05, 3.63) is 41.5 Å². The average Bonchev–Trinajstić information content (AvgIpc) is 2.36. The van der Waals surface area contributed by atoms with Crippen LogP contribution in [0, 0.1) is 16.2 Å². The molecule has 2 heteroatoms. The Morgan fingerprint density at radius 1 is 0.818 bits per heavy atom. The molecule has 0 aromatic heterocycles. The second-order valence-corrected chi connectivity index (χ2v) is 8.27. The minimum absolute atomic E-state index is 0.00106. The molecule has 1 fully saturated rings. The van der Waals surface area contributed by atoms with Crippen LogP contribution < -0.4 is 0 Å². The zero-order valence-corrected chi connectivity index (χ0v) is 14.7. The van der Waals surface area contributed by atoms with E-state index in [1.165, 1.54) is 0 Å². The van der Waals surface area contributed by atoms with E-state index in [9.17, 15) is 9.59 Å². The van der Waals surface area contributed by atoms with Gasteiger partial charge in [-0.1, -0.05) is 71.9 Å². The van der Waals surface area contributed by atoms with Crippen LogP contribution in [0.15, 0.2) is 35.9 Å². The summed E-state index contributed by atoms with van der Waals surface area (Å²) in [6, 6.07) is 9.66. The molecule has 0 heterocycles. The molecular formula is C20H26O2. The SMILES string of the molecule is CC(=C1C(=O)C(C(C)(C)C)(C(C)(C)C)C1=O)c1ccccc1. The first-order valence-electron chi connectivity index (χ1n) is 7.82. The molecule has 0 spiro atoms. The number of hydrogen-bond donors (Lipinski definition) is 0. The van der Waals surface area contributed by atoms with Crippen LogP contribution in [0.3, 0.4) is 0 Å². The number of benzene rings is 1. The third-order valence-electron chi connectivity index (χ3n) is 4.97. The molecule has 1 aliphatic rings. The lowest BCUT2D eigenvalue weighted by Gasteiger charge is -2.57. The van der Waals surface area contributed by atoms with Gasteiger partial charge in [0.2, 0.25) is 0 Å². The summed E-state index contributed by atoms with van der Waals surface area (Å²) in [5.74, 6) is -0.00212. The summed E-state index contributed by atoms with van der Waals surface area (Å²) >= 11 is 0. The van der Waals surface area contributed by atoms with Crippen LogP contribution in [0.1, 0.15) is 54.0 Å². The maximum Gasteiger partial charge on any atom is 0.181 e. The minimum Gasteiger partial charge on any atom is -0.293 e. The molecule has 1 aromatic rings. The van der Waals surface area contributed by atoms with E-state index in [2.05, 4.69) is 0 Å². The van der Waals surface area contributed by atoms with Crippen molar-refractivity contribution in [2.24, 2.45) is 16.2 Å². The van der Waals surface area contributed by atoms with Gasteiger partial charge in [0.15, 0.2) is 11.6 Å². The standard InChI is InChI=1S/C20H26O2/c1-13(14-11-9-8-10-12-14)15-16(21)20(17(15)22,18(2,3)4)19(5,6)7/h8-12H,1-7H3. The molecule has 0 aliphatic heterocycles. The van der Waals surface area contributed by atoms with E-state index in [1.807, 2.05) is 78.8 Å². The summed E-state index contributed by atoms with van der Waals surface area (Å²) in [4.78, 5) is 26.2. The lowest BCUT2D eigenvalue weighted by Crippen LogP contribution is -2.66. The lowest BCUT2D eigenvalue weighted by molar-refractivity contribution is -0.165. The Balaban J connectivity index is 2.62. The molecule has 0 unspecified atom stereocenters. The minimum atomic E-state index is -0.939. The Bertz CT molecular complexity index is 615. The smallest absolute Gasteiger partial charge is 0.181 e. The van der Waals surface area contributed by atoms with Gasteiger partial charge >= 0.3 is 0 Å². The zero-order valence-electron chi connectivity index (χ0n) is 14.7. The van der Waals surface area contributed by atoms with E-state index < -0.39 is 16.2 Å². The Morgan fingerprint density at radius 2 is 1.23 bits per heavy atom. The maximum absolute atomic E-state index is 13.1. The van der Waals surface area contributed by atoms with Crippen LogP contribution in [-0.2, 0) is 9.59 Å². The van der Waals surface area contributed by atoms with Crippen molar-refractivity contribution in [2.45, 2.75) is 48.5 Å². The molecule has 1 aromatic carbocycles. The molecule has 2 nitrogen and oxygen atoms in total. The second kappa shape index (κ2) is 4.91. The fraction of sp³-hybridized carbons (Fsp3) is 0.500. The van der Waals surface area contributed by atoms with Crippen molar-refractivity contribution in [1.82, 2.24) is 0 Å². The van der Waals surface area contributed by atoms with Gasteiger partial charge in [-0.15, -0.1) is 0 Å². The number of carbonyl (C=O) groups is 2. The molecular weight excluding hydrogens is 272 g/mol. The van der Waals surface area contributed by atoms with Crippen molar-refractivity contribution >= 4 is 17.1 Å². The van der Waals surface area contributed by atoms with E-state index in [4.69, 9.17) is 0 Å². The Morgan fingerprint density at radius 3 is 1.59 bits per heavy atom. The largest absolute Gasteiger partial charge is 0.293 e. The summed E-state index contributed by atoms with van der Waals surface area (Å²) < 4.78 is 0. The van der Waals surface area contributed by atoms with E-state index in [1.54, 1.807) is 0 Å². The number of allylic oxidation sites excluding steroid dienone is 2. The number of hydrogen-bond acceptors (Lipinski definition) is 2. The van der Waals surface area contributed by atoms with E-state index in [0.29, 0.717) is 5.57 Å². The number of carbonyl (C=O) groups excluding carboxylic acids is 2. The van der Waals surface area contributed by atoms with Gasteiger partial charge in [-0.3, -0.25) is 9.59 Å². The summed E-state index contributed by atoms with van der Waals surface area (Å²) in [6.45, 7) is 13.8. The van der Waals surface area contributed by atoms with Crippen LogP contribution in [-0.4, -0.2) is 11.6 Å². The van der Waals surface area contributed by atoms with Crippen molar-refractivity contribution in [3.8, 4) is 0 Å². The van der Waals surface area contributed by atoms with E-state index in [-0.39, 0.29) is 11.6 Å². The Labute approximate surface area is 133 Å². The topological polar surface area (TPSA) is 34.1 Å². The van der Waals surface area contributed by atoms with Crippen LogP contribution in [0.2, 0.25) is 0 Å². The highest BCUT2D eigenvalue weighted by molar-refractivity contribution is 6.45. The normalized spacial score (nSPS) is 18.2.